The first-order valence-corrected chi connectivity index (χ1v) is 6.20. The summed E-state index contributed by atoms with van der Waals surface area (Å²) in [4.78, 5) is 1.90. The summed E-state index contributed by atoms with van der Waals surface area (Å²) in [5.41, 5.74) is 2.08. The van der Waals surface area contributed by atoms with Gasteiger partial charge in [-0.3, -0.25) is 4.90 Å². The molecular weight excluding hydrogens is 246 g/mol. The number of ether oxygens (including phenoxy) is 2. The third kappa shape index (κ3) is 3.83. The van der Waals surface area contributed by atoms with Crippen LogP contribution in [0.1, 0.15) is 11.1 Å². The zero-order valence-electron chi connectivity index (χ0n) is 12.0. The Bertz CT molecular complexity index is 405. The van der Waals surface area contributed by atoms with Crippen LogP contribution in [0.4, 0.5) is 0 Å². The second-order valence-corrected chi connectivity index (χ2v) is 4.56. The van der Waals surface area contributed by atoms with E-state index >= 15 is 0 Å². The molecule has 5 heteroatoms. The topological polar surface area (TPSA) is 62.2 Å². The number of likely N-dealkylation sites (N-methyl/N-ethyl adjacent to an activating group) is 1. The third-order valence-corrected chi connectivity index (χ3v) is 3.31. The Balaban J connectivity index is 2.99. The summed E-state index contributed by atoms with van der Waals surface area (Å²) in [6.45, 7) is 2.42. The molecule has 1 aromatic rings. The molecule has 0 aliphatic heterocycles. The van der Waals surface area contributed by atoms with Crippen LogP contribution in [-0.4, -0.2) is 55.6 Å². The molecule has 0 bridgehead atoms. The van der Waals surface area contributed by atoms with Crippen molar-refractivity contribution < 1.29 is 19.7 Å². The number of rotatable bonds is 7. The van der Waals surface area contributed by atoms with Crippen LogP contribution >= 0.6 is 0 Å². The molecule has 108 valence electrons. The summed E-state index contributed by atoms with van der Waals surface area (Å²) >= 11 is 0. The highest BCUT2D eigenvalue weighted by molar-refractivity contribution is 5.46. The van der Waals surface area contributed by atoms with Crippen LogP contribution in [0.2, 0.25) is 0 Å². The number of hydrogen-bond acceptors (Lipinski definition) is 5. The molecule has 0 fully saturated rings. The van der Waals surface area contributed by atoms with E-state index in [4.69, 9.17) is 9.47 Å². The highest BCUT2D eigenvalue weighted by Crippen LogP contribution is 2.29. The van der Waals surface area contributed by atoms with Crippen LogP contribution in [0.3, 0.4) is 0 Å². The van der Waals surface area contributed by atoms with Gasteiger partial charge in [-0.15, -0.1) is 0 Å². The summed E-state index contributed by atoms with van der Waals surface area (Å²) < 4.78 is 10.6. The van der Waals surface area contributed by atoms with E-state index in [9.17, 15) is 10.2 Å². The molecule has 0 atom stereocenters. The summed E-state index contributed by atoms with van der Waals surface area (Å²) in [7, 11) is 5.10. The van der Waals surface area contributed by atoms with Gasteiger partial charge in [-0.05, 0) is 25.6 Å². The van der Waals surface area contributed by atoms with E-state index in [1.807, 2.05) is 31.0 Å². The minimum atomic E-state index is -0.272. The predicted molar refractivity (Wildman–Crippen MR) is 73.7 cm³/mol. The van der Waals surface area contributed by atoms with Crippen molar-refractivity contribution in [1.82, 2.24) is 4.90 Å². The van der Waals surface area contributed by atoms with Crippen molar-refractivity contribution in [1.29, 1.82) is 0 Å². The minimum Gasteiger partial charge on any atom is -0.497 e. The molecule has 1 rings (SSSR count). The molecule has 0 aliphatic rings. The molecule has 0 aliphatic carbocycles. The quantitative estimate of drug-likeness (QED) is 0.766. The molecule has 2 N–H and O–H groups in total. The van der Waals surface area contributed by atoms with Gasteiger partial charge in [0, 0.05) is 18.2 Å². The molecule has 0 heterocycles. The zero-order valence-corrected chi connectivity index (χ0v) is 12.0. The third-order valence-electron chi connectivity index (χ3n) is 3.31. The van der Waals surface area contributed by atoms with E-state index < -0.39 is 0 Å². The number of methoxy groups -OCH3 is 2. The predicted octanol–water partition coefficient (Wildman–Crippen LogP) is 0.797. The Hall–Kier alpha value is -1.30. The Morgan fingerprint density at radius 2 is 1.79 bits per heavy atom. The maximum absolute atomic E-state index is 9.20. The van der Waals surface area contributed by atoms with Crippen LogP contribution in [0.15, 0.2) is 12.1 Å². The maximum Gasteiger partial charge on any atom is 0.127 e. The molecule has 0 aromatic heterocycles. The largest absolute Gasteiger partial charge is 0.497 e. The number of hydrogen-bond donors (Lipinski definition) is 2. The molecule has 0 radical (unpaired) electrons. The Labute approximate surface area is 114 Å². The van der Waals surface area contributed by atoms with Crippen molar-refractivity contribution in [2.75, 3.05) is 34.5 Å². The summed E-state index contributed by atoms with van der Waals surface area (Å²) in [6, 6.07) is 3.51. The van der Waals surface area contributed by atoms with Gasteiger partial charge in [0.1, 0.15) is 11.5 Å². The average Bonchev–Trinajstić information content (AvgIpc) is 2.42. The summed E-state index contributed by atoms with van der Waals surface area (Å²) in [5, 5.41) is 18.4. The summed E-state index contributed by atoms with van der Waals surface area (Å²) in [6.07, 6.45) is 0. The van der Waals surface area contributed by atoms with Crippen LogP contribution in [0.25, 0.3) is 0 Å². The molecule has 19 heavy (non-hydrogen) atoms. The molecular formula is C14H23NO4. The second-order valence-electron chi connectivity index (χ2n) is 4.56. The Kier molecular flexibility index (Phi) is 6.08. The molecule has 0 saturated heterocycles. The van der Waals surface area contributed by atoms with E-state index in [2.05, 4.69) is 0 Å². The fraction of sp³-hybridized carbons (Fsp3) is 0.571. The van der Waals surface area contributed by atoms with Gasteiger partial charge in [0.05, 0.1) is 33.5 Å². The van der Waals surface area contributed by atoms with Gasteiger partial charge in [-0.2, -0.15) is 0 Å². The van der Waals surface area contributed by atoms with Gasteiger partial charge in [0.15, 0.2) is 0 Å². The van der Waals surface area contributed by atoms with E-state index in [1.165, 1.54) is 0 Å². The number of nitrogens with zero attached hydrogens (tertiary/aromatic N) is 1. The lowest BCUT2D eigenvalue weighted by Gasteiger charge is -2.26. The van der Waals surface area contributed by atoms with Crippen molar-refractivity contribution in [2.24, 2.45) is 0 Å². The molecule has 0 saturated carbocycles. The summed E-state index contributed by atoms with van der Waals surface area (Å²) in [5.74, 6) is 1.50. The monoisotopic (exact) mass is 269 g/mol. The standard InChI is InChI=1S/C14H23NO4/c1-10-5-12(18-3)6-14(19-4)13(10)7-15(2)11(8-16)9-17/h5-6,11,16-17H,7-9H2,1-4H3. The second kappa shape index (κ2) is 7.33. The lowest BCUT2D eigenvalue weighted by molar-refractivity contribution is 0.0867. The molecule has 0 amide bonds. The first-order chi connectivity index (χ1) is 9.07. The SMILES string of the molecule is COc1cc(C)c(CN(C)C(CO)CO)c(OC)c1. The van der Waals surface area contributed by atoms with Crippen molar-refractivity contribution in [2.45, 2.75) is 19.5 Å². The van der Waals surface area contributed by atoms with Gasteiger partial charge in [-0.1, -0.05) is 0 Å². The molecule has 0 spiro atoms. The van der Waals surface area contributed by atoms with Crippen molar-refractivity contribution in [3.63, 3.8) is 0 Å². The number of aliphatic hydroxyl groups excluding tert-OH is 2. The Morgan fingerprint density at radius 1 is 1.16 bits per heavy atom. The molecule has 5 nitrogen and oxygen atoms in total. The number of benzene rings is 1. The van der Waals surface area contributed by atoms with Crippen molar-refractivity contribution in [3.8, 4) is 11.5 Å². The lowest BCUT2D eigenvalue weighted by atomic mass is 10.1. The Morgan fingerprint density at radius 3 is 2.26 bits per heavy atom. The van der Waals surface area contributed by atoms with Crippen molar-refractivity contribution in [3.05, 3.63) is 23.3 Å². The lowest BCUT2D eigenvalue weighted by Crippen LogP contribution is -2.37. The maximum atomic E-state index is 9.20. The molecule has 1 aromatic carbocycles. The normalized spacial score (nSPS) is 11.2. The van der Waals surface area contributed by atoms with E-state index in [0.717, 1.165) is 22.6 Å². The first kappa shape index (κ1) is 15.8. The smallest absolute Gasteiger partial charge is 0.127 e. The average molecular weight is 269 g/mol. The zero-order chi connectivity index (χ0) is 14.4. The van der Waals surface area contributed by atoms with Crippen LogP contribution < -0.4 is 9.47 Å². The highest BCUT2D eigenvalue weighted by Gasteiger charge is 2.17. The first-order valence-electron chi connectivity index (χ1n) is 6.20. The number of aliphatic hydroxyl groups is 2. The minimum absolute atomic E-state index is 0.0789. The van der Waals surface area contributed by atoms with Gasteiger partial charge in [0.25, 0.3) is 0 Å². The molecule has 0 unspecified atom stereocenters. The van der Waals surface area contributed by atoms with Gasteiger partial charge in [0.2, 0.25) is 0 Å². The van der Waals surface area contributed by atoms with Gasteiger partial charge in [-0.25, -0.2) is 0 Å². The number of aryl methyl sites for hydroxylation is 1. The fourth-order valence-corrected chi connectivity index (χ4v) is 1.97. The van der Waals surface area contributed by atoms with Gasteiger partial charge >= 0.3 is 0 Å². The van der Waals surface area contributed by atoms with E-state index in [1.54, 1.807) is 14.2 Å². The van der Waals surface area contributed by atoms with E-state index in [0.29, 0.717) is 6.54 Å². The van der Waals surface area contributed by atoms with E-state index in [-0.39, 0.29) is 19.3 Å². The highest BCUT2D eigenvalue weighted by atomic mass is 16.5. The fourth-order valence-electron chi connectivity index (χ4n) is 1.97. The van der Waals surface area contributed by atoms with Crippen molar-refractivity contribution >= 4 is 0 Å². The van der Waals surface area contributed by atoms with Crippen LogP contribution in [-0.2, 0) is 6.54 Å². The van der Waals surface area contributed by atoms with Crippen LogP contribution in [0, 0.1) is 6.92 Å². The van der Waals surface area contributed by atoms with Gasteiger partial charge < -0.3 is 19.7 Å². The van der Waals surface area contributed by atoms with Crippen LogP contribution in [0.5, 0.6) is 11.5 Å².